The highest BCUT2D eigenvalue weighted by atomic mass is 32.1. The van der Waals surface area contributed by atoms with E-state index in [4.69, 9.17) is 5.73 Å². The summed E-state index contributed by atoms with van der Waals surface area (Å²) in [5.74, 6) is 0.968. The SMILES string of the molecule is Nc1c(NCCc2ncc[nH]2)ccc2scnc12. The van der Waals surface area contributed by atoms with E-state index in [2.05, 4.69) is 20.3 Å². The van der Waals surface area contributed by atoms with Gasteiger partial charge in [0.1, 0.15) is 11.3 Å². The van der Waals surface area contributed by atoms with Crippen LogP contribution in [0.25, 0.3) is 10.2 Å². The quantitative estimate of drug-likeness (QED) is 0.628. The van der Waals surface area contributed by atoms with Gasteiger partial charge in [0.15, 0.2) is 0 Å². The first kappa shape index (κ1) is 11.0. The Kier molecular flexibility index (Phi) is 2.85. The lowest BCUT2D eigenvalue weighted by Crippen LogP contribution is -2.07. The van der Waals surface area contributed by atoms with Crippen molar-refractivity contribution in [1.29, 1.82) is 0 Å². The number of fused-ring (bicyclic) bond motifs is 1. The first-order valence-electron chi connectivity index (χ1n) is 5.68. The minimum Gasteiger partial charge on any atom is -0.395 e. The molecule has 0 saturated carbocycles. The predicted molar refractivity (Wildman–Crippen MR) is 74.8 cm³/mol. The minimum atomic E-state index is 0.716. The number of nitrogens with one attached hydrogen (secondary N) is 2. The first-order chi connectivity index (χ1) is 8.84. The van der Waals surface area contributed by atoms with Crippen molar-refractivity contribution < 1.29 is 0 Å². The van der Waals surface area contributed by atoms with Gasteiger partial charge in [-0.15, -0.1) is 11.3 Å². The van der Waals surface area contributed by atoms with Gasteiger partial charge in [0.25, 0.3) is 0 Å². The second kappa shape index (κ2) is 4.66. The maximum absolute atomic E-state index is 6.08. The highest BCUT2D eigenvalue weighted by Gasteiger charge is 2.06. The van der Waals surface area contributed by atoms with Crippen LogP contribution in [0, 0.1) is 0 Å². The summed E-state index contributed by atoms with van der Waals surface area (Å²) in [5.41, 5.74) is 10.4. The van der Waals surface area contributed by atoms with Crippen molar-refractivity contribution in [3.05, 3.63) is 35.9 Å². The number of nitrogen functional groups attached to an aromatic ring is 1. The Morgan fingerprint density at radius 2 is 2.28 bits per heavy atom. The molecule has 0 aliphatic heterocycles. The fourth-order valence-electron chi connectivity index (χ4n) is 1.86. The van der Waals surface area contributed by atoms with Crippen molar-refractivity contribution in [2.45, 2.75) is 6.42 Å². The van der Waals surface area contributed by atoms with E-state index in [-0.39, 0.29) is 0 Å². The van der Waals surface area contributed by atoms with Crippen LogP contribution >= 0.6 is 11.3 Å². The van der Waals surface area contributed by atoms with E-state index >= 15 is 0 Å². The third-order valence-corrected chi connectivity index (χ3v) is 3.57. The Balaban J connectivity index is 1.72. The van der Waals surface area contributed by atoms with E-state index in [9.17, 15) is 0 Å². The number of benzene rings is 1. The molecular formula is C12H13N5S. The van der Waals surface area contributed by atoms with Crippen LogP contribution < -0.4 is 11.1 Å². The van der Waals surface area contributed by atoms with Crippen LogP contribution in [0.15, 0.2) is 30.0 Å². The van der Waals surface area contributed by atoms with Gasteiger partial charge in [-0.3, -0.25) is 0 Å². The van der Waals surface area contributed by atoms with E-state index in [1.165, 1.54) is 0 Å². The molecule has 0 amide bonds. The van der Waals surface area contributed by atoms with Gasteiger partial charge in [-0.1, -0.05) is 0 Å². The lowest BCUT2D eigenvalue weighted by atomic mass is 10.2. The number of anilines is 2. The molecule has 0 spiro atoms. The molecule has 0 radical (unpaired) electrons. The van der Waals surface area contributed by atoms with Crippen LogP contribution in [-0.4, -0.2) is 21.5 Å². The van der Waals surface area contributed by atoms with Crippen molar-refractivity contribution >= 4 is 32.9 Å². The molecule has 0 saturated heterocycles. The monoisotopic (exact) mass is 259 g/mol. The normalized spacial score (nSPS) is 10.9. The number of H-pyrrole nitrogens is 1. The summed E-state index contributed by atoms with van der Waals surface area (Å²) in [7, 11) is 0. The zero-order valence-corrected chi connectivity index (χ0v) is 10.5. The van der Waals surface area contributed by atoms with Crippen LogP contribution in [0.1, 0.15) is 5.82 Å². The standard InChI is InChI=1S/C12H13N5S/c13-11-8(1-2-9-12(11)17-7-18-9)14-4-3-10-15-5-6-16-10/h1-2,5-7,14H,3-4,13H2,(H,15,16). The fourth-order valence-corrected chi connectivity index (χ4v) is 2.55. The van der Waals surface area contributed by atoms with Gasteiger partial charge in [-0.05, 0) is 12.1 Å². The number of aromatic amines is 1. The number of thiazole rings is 1. The van der Waals surface area contributed by atoms with Crippen LogP contribution in [0.2, 0.25) is 0 Å². The zero-order valence-electron chi connectivity index (χ0n) is 9.68. The predicted octanol–water partition coefficient (Wildman–Crippen LogP) is 2.26. The fraction of sp³-hybridized carbons (Fsp3) is 0.167. The van der Waals surface area contributed by atoms with Crippen LogP contribution in [0.4, 0.5) is 11.4 Å². The van der Waals surface area contributed by atoms with Crippen molar-refractivity contribution in [3.63, 3.8) is 0 Å². The van der Waals surface area contributed by atoms with Gasteiger partial charge in [0, 0.05) is 25.4 Å². The Hall–Kier alpha value is -2.08. The van der Waals surface area contributed by atoms with Gasteiger partial charge in [-0.2, -0.15) is 0 Å². The Morgan fingerprint density at radius 1 is 1.33 bits per heavy atom. The maximum atomic E-state index is 6.08. The topological polar surface area (TPSA) is 79.6 Å². The lowest BCUT2D eigenvalue weighted by molar-refractivity contribution is 0.928. The summed E-state index contributed by atoms with van der Waals surface area (Å²) in [6.45, 7) is 0.785. The molecule has 18 heavy (non-hydrogen) atoms. The number of aromatic nitrogens is 3. The summed E-state index contributed by atoms with van der Waals surface area (Å²) in [6.07, 6.45) is 4.41. The van der Waals surface area contributed by atoms with E-state index < -0.39 is 0 Å². The van der Waals surface area contributed by atoms with Crippen molar-refractivity contribution in [3.8, 4) is 0 Å². The minimum absolute atomic E-state index is 0.716. The molecule has 0 aliphatic carbocycles. The molecule has 3 aromatic rings. The molecular weight excluding hydrogens is 246 g/mol. The van der Waals surface area contributed by atoms with Crippen LogP contribution in [0.3, 0.4) is 0 Å². The molecule has 92 valence electrons. The Labute approximate surface area is 108 Å². The van der Waals surface area contributed by atoms with Crippen molar-refractivity contribution in [2.24, 2.45) is 0 Å². The average Bonchev–Trinajstić information content (AvgIpc) is 3.02. The first-order valence-corrected chi connectivity index (χ1v) is 6.56. The highest BCUT2D eigenvalue weighted by molar-refractivity contribution is 7.16. The van der Waals surface area contributed by atoms with Gasteiger partial charge in [0.05, 0.1) is 21.6 Å². The van der Waals surface area contributed by atoms with Gasteiger partial charge in [0.2, 0.25) is 0 Å². The second-order valence-electron chi connectivity index (χ2n) is 3.94. The van der Waals surface area contributed by atoms with Crippen molar-refractivity contribution in [2.75, 3.05) is 17.6 Å². The zero-order chi connectivity index (χ0) is 12.4. The molecule has 6 heteroatoms. The number of nitrogens with zero attached hydrogens (tertiary/aromatic N) is 2. The maximum Gasteiger partial charge on any atom is 0.107 e. The number of imidazole rings is 1. The Bertz CT molecular complexity index is 644. The average molecular weight is 259 g/mol. The summed E-state index contributed by atoms with van der Waals surface area (Å²) in [4.78, 5) is 11.5. The summed E-state index contributed by atoms with van der Waals surface area (Å²) < 4.78 is 1.11. The third-order valence-electron chi connectivity index (χ3n) is 2.77. The largest absolute Gasteiger partial charge is 0.395 e. The van der Waals surface area contributed by atoms with Crippen molar-refractivity contribution in [1.82, 2.24) is 15.0 Å². The number of hydrogen-bond acceptors (Lipinski definition) is 5. The van der Waals surface area contributed by atoms with E-state index in [0.29, 0.717) is 5.69 Å². The molecule has 0 bridgehead atoms. The summed E-state index contributed by atoms with van der Waals surface area (Å²) >= 11 is 1.60. The molecule has 0 unspecified atom stereocenters. The van der Waals surface area contributed by atoms with Gasteiger partial charge >= 0.3 is 0 Å². The number of nitrogens with two attached hydrogens (primary N) is 1. The molecule has 0 fully saturated rings. The van der Waals surface area contributed by atoms with E-state index in [0.717, 1.165) is 34.7 Å². The van der Waals surface area contributed by atoms with E-state index in [1.54, 1.807) is 17.5 Å². The molecule has 3 rings (SSSR count). The summed E-state index contributed by atoms with van der Waals surface area (Å²) in [5, 5.41) is 3.31. The molecule has 4 N–H and O–H groups in total. The Morgan fingerprint density at radius 3 is 3.11 bits per heavy atom. The molecule has 2 heterocycles. The van der Waals surface area contributed by atoms with Gasteiger partial charge in [-0.25, -0.2) is 9.97 Å². The highest BCUT2D eigenvalue weighted by Crippen LogP contribution is 2.29. The molecule has 0 atom stereocenters. The molecule has 0 aliphatic rings. The van der Waals surface area contributed by atoms with E-state index in [1.807, 2.05) is 23.8 Å². The van der Waals surface area contributed by atoms with Crippen LogP contribution in [0.5, 0.6) is 0 Å². The second-order valence-corrected chi connectivity index (χ2v) is 4.82. The molecule has 5 nitrogen and oxygen atoms in total. The lowest BCUT2D eigenvalue weighted by Gasteiger charge is -2.08. The third kappa shape index (κ3) is 2.02. The smallest absolute Gasteiger partial charge is 0.107 e. The summed E-state index contributed by atoms with van der Waals surface area (Å²) in [6, 6.07) is 4.04. The molecule has 2 aromatic heterocycles. The number of hydrogen-bond donors (Lipinski definition) is 3. The molecule has 1 aromatic carbocycles. The van der Waals surface area contributed by atoms with Gasteiger partial charge < -0.3 is 16.0 Å². The number of rotatable bonds is 4. The van der Waals surface area contributed by atoms with Crippen LogP contribution in [-0.2, 0) is 6.42 Å².